The first-order valence-electron chi connectivity index (χ1n) is 8.06. The van der Waals surface area contributed by atoms with Crippen LogP contribution in [0.5, 0.6) is 0 Å². The van der Waals surface area contributed by atoms with Crippen LogP contribution < -0.4 is 5.32 Å². The number of aromatic nitrogens is 2. The van der Waals surface area contributed by atoms with Gasteiger partial charge in [-0.3, -0.25) is 9.48 Å². The van der Waals surface area contributed by atoms with Crippen LogP contribution in [0, 0.1) is 13.8 Å². The number of allylic oxidation sites excluding steroid dienone is 1. The molecule has 2 aromatic rings. The highest BCUT2D eigenvalue weighted by Crippen LogP contribution is 2.15. The van der Waals surface area contributed by atoms with E-state index in [1.54, 1.807) is 0 Å². The Morgan fingerprint density at radius 1 is 1.26 bits per heavy atom. The first-order chi connectivity index (χ1) is 11.1. The summed E-state index contributed by atoms with van der Waals surface area (Å²) in [5.74, 6) is 0.0937. The zero-order chi connectivity index (χ0) is 16.7. The van der Waals surface area contributed by atoms with Crippen LogP contribution in [0.25, 0.3) is 0 Å². The first-order valence-corrected chi connectivity index (χ1v) is 8.06. The Bertz CT molecular complexity index is 659. The second-order valence-electron chi connectivity index (χ2n) is 5.71. The summed E-state index contributed by atoms with van der Waals surface area (Å²) in [5, 5.41) is 7.48. The summed E-state index contributed by atoms with van der Waals surface area (Å²) >= 11 is 0. The van der Waals surface area contributed by atoms with Crippen LogP contribution in [0.3, 0.4) is 0 Å². The summed E-state index contributed by atoms with van der Waals surface area (Å²) in [7, 11) is 0. The molecule has 4 heteroatoms. The Morgan fingerprint density at radius 2 is 2.00 bits per heavy atom. The van der Waals surface area contributed by atoms with Gasteiger partial charge in [-0.1, -0.05) is 36.4 Å². The first kappa shape index (κ1) is 17.0. The van der Waals surface area contributed by atoms with E-state index in [0.29, 0.717) is 19.5 Å². The Hall–Kier alpha value is -2.36. The van der Waals surface area contributed by atoms with E-state index in [1.807, 2.05) is 42.8 Å². The molecule has 0 atom stereocenters. The second-order valence-corrected chi connectivity index (χ2v) is 5.71. The van der Waals surface area contributed by atoms with E-state index in [-0.39, 0.29) is 5.91 Å². The van der Waals surface area contributed by atoms with E-state index in [0.717, 1.165) is 24.2 Å². The van der Waals surface area contributed by atoms with Gasteiger partial charge in [-0.15, -0.1) is 6.58 Å². The van der Waals surface area contributed by atoms with Crippen LogP contribution in [0.1, 0.15) is 28.9 Å². The lowest BCUT2D eigenvalue weighted by atomic mass is 10.1. The van der Waals surface area contributed by atoms with Crippen molar-refractivity contribution in [2.45, 2.75) is 39.7 Å². The molecule has 1 N–H and O–H groups in total. The van der Waals surface area contributed by atoms with Gasteiger partial charge >= 0.3 is 0 Å². The zero-order valence-corrected chi connectivity index (χ0v) is 14.0. The van der Waals surface area contributed by atoms with E-state index < -0.39 is 0 Å². The fraction of sp³-hybridized carbons (Fsp3) is 0.368. The van der Waals surface area contributed by atoms with Crippen molar-refractivity contribution in [2.24, 2.45) is 0 Å². The molecule has 4 nitrogen and oxygen atoms in total. The highest BCUT2D eigenvalue weighted by atomic mass is 16.1. The highest BCUT2D eigenvalue weighted by Gasteiger charge is 2.12. The molecule has 0 saturated heterocycles. The minimum Gasteiger partial charge on any atom is -0.356 e. The van der Waals surface area contributed by atoms with Gasteiger partial charge in [0, 0.05) is 18.7 Å². The van der Waals surface area contributed by atoms with E-state index in [4.69, 9.17) is 0 Å². The number of benzene rings is 1. The molecule has 0 aliphatic carbocycles. The number of hydrogen-bond donors (Lipinski definition) is 1. The number of nitrogens with zero attached hydrogens (tertiary/aromatic N) is 2. The van der Waals surface area contributed by atoms with Gasteiger partial charge in [0.15, 0.2) is 0 Å². The average Bonchev–Trinajstić information content (AvgIpc) is 2.81. The fourth-order valence-corrected chi connectivity index (χ4v) is 2.71. The van der Waals surface area contributed by atoms with Crippen molar-refractivity contribution in [3.63, 3.8) is 0 Å². The van der Waals surface area contributed by atoms with Crippen molar-refractivity contribution < 1.29 is 4.79 Å². The fourth-order valence-electron chi connectivity index (χ4n) is 2.71. The molecular weight excluding hydrogens is 286 g/mol. The van der Waals surface area contributed by atoms with Gasteiger partial charge in [0.25, 0.3) is 0 Å². The van der Waals surface area contributed by atoms with Crippen molar-refractivity contribution in [3.05, 3.63) is 65.5 Å². The topological polar surface area (TPSA) is 46.9 Å². The van der Waals surface area contributed by atoms with E-state index in [1.165, 1.54) is 11.1 Å². The van der Waals surface area contributed by atoms with Crippen molar-refractivity contribution in [2.75, 3.05) is 6.54 Å². The smallest absolute Gasteiger partial charge is 0.220 e. The third-order valence-corrected chi connectivity index (χ3v) is 4.01. The number of aryl methyl sites for hydroxylation is 1. The quantitative estimate of drug-likeness (QED) is 0.762. The standard InChI is InChI=1S/C19H25N3O/c1-4-14-22-16(3)18(15(2)21-22)10-11-19(23)20-13-12-17-8-6-5-7-9-17/h4-9H,1,10-14H2,2-3H3,(H,20,23). The molecule has 0 radical (unpaired) electrons. The molecule has 2 rings (SSSR count). The number of rotatable bonds is 8. The normalized spacial score (nSPS) is 10.5. The molecule has 1 aromatic heterocycles. The number of hydrogen-bond acceptors (Lipinski definition) is 2. The maximum atomic E-state index is 12.0. The van der Waals surface area contributed by atoms with E-state index in [2.05, 4.69) is 29.1 Å². The predicted octanol–water partition coefficient (Wildman–Crippen LogP) is 2.98. The van der Waals surface area contributed by atoms with Gasteiger partial charge in [-0.05, 0) is 37.8 Å². The summed E-state index contributed by atoms with van der Waals surface area (Å²) in [5.41, 5.74) is 4.54. The third kappa shape index (κ3) is 4.81. The third-order valence-electron chi connectivity index (χ3n) is 4.01. The van der Waals surface area contributed by atoms with E-state index >= 15 is 0 Å². The molecule has 0 spiro atoms. The summed E-state index contributed by atoms with van der Waals surface area (Å²) in [4.78, 5) is 12.0. The predicted molar refractivity (Wildman–Crippen MR) is 93.4 cm³/mol. The number of carbonyl (C=O) groups excluding carboxylic acids is 1. The molecule has 1 amide bonds. The van der Waals surface area contributed by atoms with Crippen LogP contribution in [0.4, 0.5) is 0 Å². The maximum absolute atomic E-state index is 12.0. The van der Waals surface area contributed by atoms with Crippen molar-refractivity contribution in [1.29, 1.82) is 0 Å². The Labute approximate surface area is 138 Å². The van der Waals surface area contributed by atoms with Crippen molar-refractivity contribution in [1.82, 2.24) is 15.1 Å². The largest absolute Gasteiger partial charge is 0.356 e. The molecule has 0 bridgehead atoms. The van der Waals surface area contributed by atoms with E-state index in [9.17, 15) is 4.79 Å². The lowest BCUT2D eigenvalue weighted by Gasteiger charge is -2.06. The van der Waals surface area contributed by atoms with Crippen LogP contribution in [-0.4, -0.2) is 22.2 Å². The van der Waals surface area contributed by atoms with Crippen molar-refractivity contribution >= 4 is 5.91 Å². The van der Waals surface area contributed by atoms with Gasteiger partial charge in [-0.25, -0.2) is 0 Å². The van der Waals surface area contributed by atoms with Gasteiger partial charge in [0.05, 0.1) is 12.2 Å². The summed E-state index contributed by atoms with van der Waals surface area (Å²) in [6, 6.07) is 10.2. The van der Waals surface area contributed by atoms with Crippen molar-refractivity contribution in [3.8, 4) is 0 Å². The minimum atomic E-state index is 0.0937. The molecule has 0 fully saturated rings. The molecule has 0 saturated carbocycles. The molecule has 0 unspecified atom stereocenters. The zero-order valence-electron chi connectivity index (χ0n) is 14.0. The lowest BCUT2D eigenvalue weighted by molar-refractivity contribution is -0.121. The molecule has 1 heterocycles. The maximum Gasteiger partial charge on any atom is 0.220 e. The minimum absolute atomic E-state index is 0.0937. The summed E-state index contributed by atoms with van der Waals surface area (Å²) < 4.78 is 1.94. The SMILES string of the molecule is C=CCn1nc(C)c(CCC(=O)NCCc2ccccc2)c1C. The van der Waals surface area contributed by atoms with Gasteiger partial charge in [0.2, 0.25) is 5.91 Å². The monoisotopic (exact) mass is 311 g/mol. The molecule has 122 valence electrons. The number of carbonyl (C=O) groups is 1. The average molecular weight is 311 g/mol. The van der Waals surface area contributed by atoms with Gasteiger partial charge in [-0.2, -0.15) is 5.10 Å². The number of nitrogens with one attached hydrogen (secondary N) is 1. The summed E-state index contributed by atoms with van der Waals surface area (Å²) in [6.07, 6.45) is 3.92. The molecule has 0 aliphatic rings. The van der Waals surface area contributed by atoms with Crippen LogP contribution >= 0.6 is 0 Å². The lowest BCUT2D eigenvalue weighted by Crippen LogP contribution is -2.26. The Kier molecular flexibility index (Phi) is 6.15. The highest BCUT2D eigenvalue weighted by molar-refractivity contribution is 5.76. The molecule has 23 heavy (non-hydrogen) atoms. The Balaban J connectivity index is 1.79. The summed E-state index contributed by atoms with van der Waals surface area (Å²) in [6.45, 7) is 9.17. The molecule has 0 aliphatic heterocycles. The van der Waals surface area contributed by atoms with Gasteiger partial charge < -0.3 is 5.32 Å². The number of amides is 1. The molecule has 1 aromatic carbocycles. The Morgan fingerprint density at radius 3 is 2.70 bits per heavy atom. The second kappa shape index (κ2) is 8.32. The van der Waals surface area contributed by atoms with Gasteiger partial charge in [0.1, 0.15) is 0 Å². The van der Waals surface area contributed by atoms with Crippen LogP contribution in [-0.2, 0) is 24.2 Å². The molecular formula is C19H25N3O. The van der Waals surface area contributed by atoms with Crippen LogP contribution in [0.2, 0.25) is 0 Å². The van der Waals surface area contributed by atoms with Crippen LogP contribution in [0.15, 0.2) is 43.0 Å².